The standard InChI is InChI=1S/C20H17NO5/c1-25-15-9-7-14(8-10-15)19(22)21-12-16-11-17(20(23)24)18(26-16)13-5-3-2-4-6-13/h2-11H,12H2,1H3,(H,21,22)(H,23,24). The van der Waals surface area contributed by atoms with Crippen LogP contribution in [-0.2, 0) is 6.54 Å². The minimum atomic E-state index is -1.08. The Bertz CT molecular complexity index is 913. The SMILES string of the molecule is COc1ccc(C(=O)NCc2cc(C(=O)O)c(-c3ccccc3)o2)cc1. The fraction of sp³-hybridized carbons (Fsp3) is 0.100. The van der Waals surface area contributed by atoms with Crippen molar-refractivity contribution in [2.75, 3.05) is 7.11 Å². The Labute approximate surface area is 150 Å². The Kier molecular flexibility index (Phi) is 5.03. The second kappa shape index (κ2) is 7.57. The van der Waals surface area contributed by atoms with Gasteiger partial charge in [-0.3, -0.25) is 4.79 Å². The molecule has 3 rings (SSSR count). The van der Waals surface area contributed by atoms with Crippen LogP contribution in [0.2, 0.25) is 0 Å². The molecule has 6 heteroatoms. The van der Waals surface area contributed by atoms with E-state index in [-0.39, 0.29) is 23.8 Å². The number of hydrogen-bond donors (Lipinski definition) is 2. The Balaban J connectivity index is 1.75. The zero-order valence-electron chi connectivity index (χ0n) is 14.1. The van der Waals surface area contributed by atoms with Gasteiger partial charge in [0.15, 0.2) is 0 Å². The molecule has 0 fully saturated rings. The van der Waals surface area contributed by atoms with Crippen molar-refractivity contribution in [3.63, 3.8) is 0 Å². The van der Waals surface area contributed by atoms with E-state index in [9.17, 15) is 14.7 Å². The minimum Gasteiger partial charge on any atom is -0.497 e. The summed E-state index contributed by atoms with van der Waals surface area (Å²) >= 11 is 0. The number of methoxy groups -OCH3 is 1. The van der Waals surface area contributed by atoms with Crippen LogP contribution in [0.15, 0.2) is 65.1 Å². The summed E-state index contributed by atoms with van der Waals surface area (Å²) in [5.41, 5.74) is 1.20. The maximum atomic E-state index is 12.2. The summed E-state index contributed by atoms with van der Waals surface area (Å²) < 4.78 is 10.7. The van der Waals surface area contributed by atoms with Gasteiger partial charge in [-0.05, 0) is 30.3 Å². The van der Waals surface area contributed by atoms with Crippen LogP contribution in [0.1, 0.15) is 26.5 Å². The van der Waals surface area contributed by atoms with Crippen LogP contribution in [0, 0.1) is 0 Å². The molecule has 0 aliphatic carbocycles. The highest BCUT2D eigenvalue weighted by Crippen LogP contribution is 2.27. The van der Waals surface area contributed by atoms with Crippen molar-refractivity contribution in [1.29, 1.82) is 0 Å². The number of carboxylic acids is 1. The first-order valence-corrected chi connectivity index (χ1v) is 7.92. The van der Waals surface area contributed by atoms with Gasteiger partial charge in [-0.25, -0.2) is 4.79 Å². The molecule has 6 nitrogen and oxygen atoms in total. The van der Waals surface area contributed by atoms with Crippen molar-refractivity contribution in [2.45, 2.75) is 6.54 Å². The number of hydrogen-bond acceptors (Lipinski definition) is 4. The number of carbonyl (C=O) groups is 2. The lowest BCUT2D eigenvalue weighted by Crippen LogP contribution is -2.22. The van der Waals surface area contributed by atoms with E-state index in [0.717, 1.165) is 0 Å². The van der Waals surface area contributed by atoms with Gasteiger partial charge in [-0.1, -0.05) is 30.3 Å². The number of carboxylic acid groups (broad SMARTS) is 1. The molecular weight excluding hydrogens is 334 g/mol. The van der Waals surface area contributed by atoms with Crippen LogP contribution >= 0.6 is 0 Å². The molecule has 26 heavy (non-hydrogen) atoms. The third kappa shape index (κ3) is 3.75. The smallest absolute Gasteiger partial charge is 0.339 e. The highest BCUT2D eigenvalue weighted by molar-refractivity contribution is 5.95. The Morgan fingerprint density at radius 3 is 2.38 bits per heavy atom. The fourth-order valence-electron chi connectivity index (χ4n) is 2.50. The third-order valence-electron chi connectivity index (χ3n) is 3.82. The third-order valence-corrected chi connectivity index (χ3v) is 3.82. The van der Waals surface area contributed by atoms with E-state index in [1.54, 1.807) is 55.6 Å². The molecule has 0 spiro atoms. The van der Waals surface area contributed by atoms with Gasteiger partial charge in [0, 0.05) is 11.1 Å². The summed E-state index contributed by atoms with van der Waals surface area (Å²) in [6, 6.07) is 17.1. The Morgan fingerprint density at radius 1 is 1.08 bits per heavy atom. The van der Waals surface area contributed by atoms with Crippen molar-refractivity contribution < 1.29 is 23.8 Å². The van der Waals surface area contributed by atoms with E-state index in [2.05, 4.69) is 5.32 Å². The van der Waals surface area contributed by atoms with Crippen LogP contribution in [0.3, 0.4) is 0 Å². The van der Waals surface area contributed by atoms with Gasteiger partial charge >= 0.3 is 5.97 Å². The zero-order chi connectivity index (χ0) is 18.5. The van der Waals surface area contributed by atoms with Crippen molar-refractivity contribution in [3.05, 3.63) is 77.6 Å². The molecule has 0 atom stereocenters. The highest BCUT2D eigenvalue weighted by Gasteiger charge is 2.19. The number of ether oxygens (including phenoxy) is 1. The summed E-state index contributed by atoms with van der Waals surface area (Å²) in [4.78, 5) is 23.7. The first-order valence-electron chi connectivity index (χ1n) is 7.92. The lowest BCUT2D eigenvalue weighted by molar-refractivity contribution is 0.0697. The molecule has 0 radical (unpaired) electrons. The number of benzene rings is 2. The summed E-state index contributed by atoms with van der Waals surface area (Å²) in [5, 5.41) is 12.1. The largest absolute Gasteiger partial charge is 0.497 e. The summed E-state index contributed by atoms with van der Waals surface area (Å²) in [6.07, 6.45) is 0. The maximum Gasteiger partial charge on any atom is 0.339 e. The van der Waals surface area contributed by atoms with Gasteiger partial charge < -0.3 is 19.6 Å². The first-order chi connectivity index (χ1) is 12.6. The normalized spacial score (nSPS) is 10.3. The Morgan fingerprint density at radius 2 is 1.77 bits per heavy atom. The molecule has 0 aliphatic rings. The maximum absolute atomic E-state index is 12.2. The van der Waals surface area contributed by atoms with E-state index in [1.807, 2.05) is 6.07 Å². The molecule has 0 unspecified atom stereocenters. The molecule has 1 amide bonds. The number of amides is 1. The van der Waals surface area contributed by atoms with E-state index in [4.69, 9.17) is 9.15 Å². The van der Waals surface area contributed by atoms with Crippen LogP contribution in [-0.4, -0.2) is 24.1 Å². The van der Waals surface area contributed by atoms with Crippen LogP contribution < -0.4 is 10.1 Å². The van der Waals surface area contributed by atoms with Crippen molar-refractivity contribution >= 4 is 11.9 Å². The molecule has 0 aliphatic heterocycles. The molecule has 1 aromatic heterocycles. The van der Waals surface area contributed by atoms with Crippen LogP contribution in [0.5, 0.6) is 5.75 Å². The highest BCUT2D eigenvalue weighted by atomic mass is 16.5. The molecule has 3 aromatic rings. The summed E-state index contributed by atoms with van der Waals surface area (Å²) in [7, 11) is 1.55. The molecule has 0 bridgehead atoms. The molecule has 2 N–H and O–H groups in total. The van der Waals surface area contributed by atoms with Gasteiger partial charge in [0.1, 0.15) is 22.8 Å². The molecular formula is C20H17NO5. The lowest BCUT2D eigenvalue weighted by atomic mass is 10.1. The van der Waals surface area contributed by atoms with Crippen LogP contribution in [0.25, 0.3) is 11.3 Å². The van der Waals surface area contributed by atoms with E-state index in [1.165, 1.54) is 6.07 Å². The second-order valence-electron chi connectivity index (χ2n) is 5.54. The van der Waals surface area contributed by atoms with Crippen molar-refractivity contribution in [3.8, 4) is 17.1 Å². The van der Waals surface area contributed by atoms with Gasteiger partial charge in [0.05, 0.1) is 13.7 Å². The number of aromatic carboxylic acids is 1. The van der Waals surface area contributed by atoms with E-state index in [0.29, 0.717) is 22.6 Å². The number of carbonyl (C=O) groups excluding carboxylic acids is 1. The minimum absolute atomic E-state index is 0.0601. The van der Waals surface area contributed by atoms with E-state index >= 15 is 0 Å². The quantitative estimate of drug-likeness (QED) is 0.708. The van der Waals surface area contributed by atoms with Crippen molar-refractivity contribution in [2.24, 2.45) is 0 Å². The van der Waals surface area contributed by atoms with Crippen molar-refractivity contribution in [1.82, 2.24) is 5.32 Å². The average Bonchev–Trinajstić information content (AvgIpc) is 3.11. The molecule has 0 saturated heterocycles. The molecule has 132 valence electrons. The molecule has 1 heterocycles. The molecule has 0 saturated carbocycles. The Hall–Kier alpha value is -3.54. The number of nitrogens with one attached hydrogen (secondary N) is 1. The summed E-state index contributed by atoms with van der Waals surface area (Å²) in [5.74, 6) is -0.0800. The monoisotopic (exact) mass is 351 g/mol. The lowest BCUT2D eigenvalue weighted by Gasteiger charge is -2.04. The zero-order valence-corrected chi connectivity index (χ0v) is 14.1. The number of rotatable bonds is 6. The molecule has 2 aromatic carbocycles. The van der Waals surface area contributed by atoms with Gasteiger partial charge in [-0.2, -0.15) is 0 Å². The van der Waals surface area contributed by atoms with E-state index < -0.39 is 5.97 Å². The van der Waals surface area contributed by atoms with Gasteiger partial charge in [0.2, 0.25) is 0 Å². The predicted molar refractivity (Wildman–Crippen MR) is 95.3 cm³/mol. The summed E-state index contributed by atoms with van der Waals surface area (Å²) in [6.45, 7) is 0.0813. The predicted octanol–water partition coefficient (Wildman–Crippen LogP) is 3.58. The second-order valence-corrected chi connectivity index (χ2v) is 5.54. The average molecular weight is 351 g/mol. The van der Waals surface area contributed by atoms with Gasteiger partial charge in [-0.15, -0.1) is 0 Å². The number of furan rings is 1. The van der Waals surface area contributed by atoms with Gasteiger partial charge in [0.25, 0.3) is 5.91 Å². The topological polar surface area (TPSA) is 88.8 Å². The fourth-order valence-corrected chi connectivity index (χ4v) is 2.50. The van der Waals surface area contributed by atoms with Crippen LogP contribution in [0.4, 0.5) is 0 Å². The first kappa shape index (κ1) is 17.3.